The number of fused-ring (bicyclic) bond motifs is 9. The van der Waals surface area contributed by atoms with Crippen LogP contribution in [0.5, 0.6) is 51.7 Å². The molecule has 0 fully saturated rings. The number of aromatic hydroxyl groups is 9. The maximum atomic E-state index is 13.0. The molecule has 2 aliphatic rings. The molecule has 0 saturated carbocycles. The van der Waals surface area contributed by atoms with Crippen LogP contribution in [0.25, 0.3) is 61.4 Å². The van der Waals surface area contributed by atoms with Crippen LogP contribution >= 0.6 is 0 Å². The summed E-state index contributed by atoms with van der Waals surface area (Å²) in [5, 5.41) is 105. The third-order valence-electron chi connectivity index (χ3n) is 12.7. The lowest BCUT2D eigenvalue weighted by Gasteiger charge is -2.31. The fourth-order valence-electron chi connectivity index (χ4n) is 9.95. The van der Waals surface area contributed by atoms with Crippen molar-refractivity contribution < 1.29 is 50.4 Å². The van der Waals surface area contributed by atoms with Gasteiger partial charge in [0.25, 0.3) is 0 Å². The Hall–Kier alpha value is -7.92. The van der Waals surface area contributed by atoms with Crippen molar-refractivity contribution in [2.75, 3.05) is 4.90 Å². The van der Waals surface area contributed by atoms with Gasteiger partial charge < -0.3 is 55.3 Å². The molecule has 0 radical (unpaired) electrons. The number of furan rings is 1. The van der Waals surface area contributed by atoms with Crippen molar-refractivity contribution in [3.05, 3.63) is 125 Å². The Labute approximate surface area is 348 Å². The second-order valence-electron chi connectivity index (χ2n) is 16.7. The molecule has 9 N–H and O–H groups in total. The Balaban J connectivity index is 1.34. The first-order valence-corrected chi connectivity index (χ1v) is 19.5. The van der Waals surface area contributed by atoms with E-state index in [0.717, 1.165) is 27.6 Å². The fourth-order valence-corrected chi connectivity index (χ4v) is 9.95. The van der Waals surface area contributed by atoms with E-state index in [9.17, 15) is 46.0 Å². The van der Waals surface area contributed by atoms with E-state index < -0.39 is 73.7 Å². The maximum Gasteiger partial charge on any atom is 0.204 e. The van der Waals surface area contributed by atoms with Crippen LogP contribution in [0, 0.1) is 0 Å². The lowest BCUT2D eigenvalue weighted by Crippen LogP contribution is -2.17. The molecule has 10 rings (SSSR count). The van der Waals surface area contributed by atoms with Crippen LogP contribution in [0.4, 0.5) is 17.1 Å². The van der Waals surface area contributed by atoms with E-state index in [1.807, 2.05) is 77.7 Å². The van der Waals surface area contributed by atoms with E-state index in [-0.39, 0.29) is 33.5 Å². The quantitative estimate of drug-likeness (QED) is 0.0592. The summed E-state index contributed by atoms with van der Waals surface area (Å²) in [5.74, 6) is -7.97. The fraction of sp³-hybridized carbons (Fsp3) is 0.120. The number of phenols is 9. The van der Waals surface area contributed by atoms with Gasteiger partial charge >= 0.3 is 0 Å². The molecule has 1 aromatic heterocycles. The van der Waals surface area contributed by atoms with Gasteiger partial charge in [-0.25, -0.2) is 0 Å². The van der Waals surface area contributed by atoms with Crippen LogP contribution in [-0.4, -0.2) is 46.0 Å². The van der Waals surface area contributed by atoms with Crippen molar-refractivity contribution in [3.8, 4) is 85.1 Å². The second kappa shape index (κ2) is 12.3. The number of para-hydroxylation sites is 1. The van der Waals surface area contributed by atoms with Crippen molar-refractivity contribution in [2.24, 2.45) is 0 Å². The van der Waals surface area contributed by atoms with E-state index in [4.69, 9.17) is 4.42 Å². The molecule has 2 aliphatic carbocycles. The number of nitrogens with zero attached hydrogens (tertiary/aromatic N) is 1. The molecule has 0 bridgehead atoms. The van der Waals surface area contributed by atoms with E-state index in [1.165, 1.54) is 26.0 Å². The normalized spacial score (nSPS) is 14.2. The average molecular weight is 814 g/mol. The van der Waals surface area contributed by atoms with Gasteiger partial charge in [0.05, 0.1) is 22.3 Å². The average Bonchev–Trinajstić information content (AvgIpc) is 3.83. The van der Waals surface area contributed by atoms with Crippen LogP contribution < -0.4 is 4.90 Å². The number of anilines is 3. The van der Waals surface area contributed by atoms with E-state index in [2.05, 4.69) is 32.6 Å². The van der Waals surface area contributed by atoms with E-state index in [1.54, 1.807) is 0 Å². The summed E-state index contributed by atoms with van der Waals surface area (Å²) >= 11 is 0. The third kappa shape index (κ3) is 4.68. The Kier molecular flexibility index (Phi) is 7.54. The highest BCUT2D eigenvalue weighted by molar-refractivity contribution is 6.15. The van der Waals surface area contributed by atoms with Crippen LogP contribution in [-0.2, 0) is 10.8 Å². The number of hydrogen-bond acceptors (Lipinski definition) is 11. The van der Waals surface area contributed by atoms with Gasteiger partial charge in [-0.15, -0.1) is 0 Å². The first-order valence-electron chi connectivity index (χ1n) is 19.5. The lowest BCUT2D eigenvalue weighted by atomic mass is 9.80. The van der Waals surface area contributed by atoms with Crippen LogP contribution in [0.3, 0.4) is 0 Å². The van der Waals surface area contributed by atoms with Gasteiger partial charge in [0, 0.05) is 55.3 Å². The monoisotopic (exact) mass is 813 g/mol. The summed E-state index contributed by atoms with van der Waals surface area (Å²) in [4.78, 5) is 1.81. The molecule has 0 spiro atoms. The van der Waals surface area contributed by atoms with Crippen molar-refractivity contribution >= 4 is 45.1 Å². The van der Waals surface area contributed by atoms with Gasteiger partial charge in [-0.2, -0.15) is 0 Å². The zero-order valence-electron chi connectivity index (χ0n) is 33.3. The van der Waals surface area contributed by atoms with Crippen LogP contribution in [0.15, 0.2) is 102 Å². The summed E-state index contributed by atoms with van der Waals surface area (Å²) in [7, 11) is 0. The van der Waals surface area contributed by atoms with Gasteiger partial charge in [0.15, 0.2) is 28.7 Å². The summed E-state index contributed by atoms with van der Waals surface area (Å²) in [6.45, 7) is 11.4. The molecule has 61 heavy (non-hydrogen) atoms. The second-order valence-corrected chi connectivity index (χ2v) is 16.7. The molecule has 11 heteroatoms. The summed E-state index contributed by atoms with van der Waals surface area (Å²) in [5.41, 5.74) is 3.18. The highest BCUT2D eigenvalue weighted by atomic mass is 16.3. The topological polar surface area (TPSA) is 198 Å². The largest absolute Gasteiger partial charge is 0.507 e. The molecule has 1 heterocycles. The van der Waals surface area contributed by atoms with Gasteiger partial charge in [0.2, 0.25) is 17.2 Å². The summed E-state index contributed by atoms with van der Waals surface area (Å²) in [6, 6.07) is 28.6. The lowest BCUT2D eigenvalue weighted by molar-refractivity contribution is 0.341. The maximum absolute atomic E-state index is 13.0. The minimum Gasteiger partial charge on any atom is -0.507 e. The highest BCUT2D eigenvalue weighted by Gasteiger charge is 2.48. The number of phenolic OH excluding ortho intramolecular Hbond substituents is 9. The van der Waals surface area contributed by atoms with Gasteiger partial charge in [-0.05, 0) is 58.7 Å². The van der Waals surface area contributed by atoms with Gasteiger partial charge in [-0.1, -0.05) is 94.9 Å². The minimum atomic E-state index is -1.52. The first kappa shape index (κ1) is 37.4. The predicted octanol–water partition coefficient (Wildman–Crippen LogP) is 11.3. The molecule has 8 aromatic rings. The Morgan fingerprint density at radius 2 is 1.13 bits per heavy atom. The molecule has 0 saturated heterocycles. The van der Waals surface area contributed by atoms with Gasteiger partial charge in [0.1, 0.15) is 16.9 Å². The molecule has 0 amide bonds. The SMILES string of the molecule is C=Cc1cc(O)c(-c2c(O)c(O)c(O)c3c2-c2c(O)c(O)c(O)c(O)c2C3(C)C)c(O)c1N(c1ccc2c(c1)C(C)(C)c1ccccc1-2)c1cccc2oc3ccccc3c12. The number of hydrogen-bond donors (Lipinski definition) is 9. The molecule has 0 atom stereocenters. The molecule has 0 aliphatic heterocycles. The molecular formula is C50H39NO10. The van der Waals surface area contributed by atoms with Crippen LogP contribution in [0.2, 0.25) is 0 Å². The Morgan fingerprint density at radius 1 is 0.525 bits per heavy atom. The van der Waals surface area contributed by atoms with E-state index >= 15 is 0 Å². The summed E-state index contributed by atoms with van der Waals surface area (Å²) < 4.78 is 6.33. The molecule has 304 valence electrons. The van der Waals surface area contributed by atoms with Crippen molar-refractivity contribution in [3.63, 3.8) is 0 Å². The highest BCUT2D eigenvalue weighted by Crippen LogP contribution is 2.69. The molecular weight excluding hydrogens is 775 g/mol. The van der Waals surface area contributed by atoms with Crippen molar-refractivity contribution in [1.82, 2.24) is 0 Å². The predicted molar refractivity (Wildman–Crippen MR) is 234 cm³/mol. The third-order valence-corrected chi connectivity index (χ3v) is 12.7. The van der Waals surface area contributed by atoms with Crippen molar-refractivity contribution in [2.45, 2.75) is 38.5 Å². The zero-order valence-corrected chi connectivity index (χ0v) is 33.3. The molecule has 0 unspecified atom stereocenters. The molecule has 11 nitrogen and oxygen atoms in total. The Morgan fingerprint density at radius 3 is 1.87 bits per heavy atom. The minimum absolute atomic E-state index is 0.0765. The zero-order chi connectivity index (χ0) is 43.2. The number of rotatable bonds is 5. The standard InChI is InChI=1S/C50H39NO10/c1-6-22-20-30(52)34(36-35-37-39(45(57)48(60)47(59)43(37)55)50(4,5)38(35)44(56)46(58)42(36)54)41(53)40(22)51(29-15-11-17-32-33(29)26-13-8-10-16-31(26)61-32)23-18-19-25-24-12-7-9-14-27(24)49(2,3)28(25)21-23/h6-21,52-60H,1H2,2-5H3. The number of benzene rings is 7. The van der Waals surface area contributed by atoms with Crippen molar-refractivity contribution in [1.29, 1.82) is 0 Å². The Bertz CT molecular complexity index is 3280. The molecule has 7 aromatic carbocycles. The van der Waals surface area contributed by atoms with Gasteiger partial charge in [-0.3, -0.25) is 0 Å². The summed E-state index contributed by atoms with van der Waals surface area (Å²) in [6.07, 6.45) is 1.45. The smallest absolute Gasteiger partial charge is 0.204 e. The van der Waals surface area contributed by atoms with E-state index in [0.29, 0.717) is 27.9 Å². The first-order chi connectivity index (χ1) is 29.0. The van der Waals surface area contributed by atoms with Crippen LogP contribution in [0.1, 0.15) is 55.5 Å².